The Kier molecular flexibility index (Phi) is 3.63. The zero-order chi connectivity index (χ0) is 12.3. The van der Waals surface area contributed by atoms with Gasteiger partial charge in [-0.25, -0.2) is 4.79 Å². The fourth-order valence-corrected chi connectivity index (χ4v) is 2.29. The van der Waals surface area contributed by atoms with Crippen molar-refractivity contribution < 1.29 is 9.90 Å². The summed E-state index contributed by atoms with van der Waals surface area (Å²) < 4.78 is 0. The number of nitrogens with one attached hydrogen (secondary N) is 2. The molecule has 2 rings (SSSR count). The first-order valence-electron chi connectivity index (χ1n) is 5.88. The van der Waals surface area contributed by atoms with Gasteiger partial charge in [-0.15, -0.1) is 0 Å². The zero-order valence-corrected chi connectivity index (χ0v) is 9.61. The van der Waals surface area contributed by atoms with E-state index in [1.165, 1.54) is 6.20 Å². The van der Waals surface area contributed by atoms with Crippen molar-refractivity contribution in [1.82, 2.24) is 14.9 Å². The van der Waals surface area contributed by atoms with E-state index in [2.05, 4.69) is 9.97 Å². The average Bonchev–Trinajstić information content (AvgIpc) is 2.76. The van der Waals surface area contributed by atoms with Gasteiger partial charge in [-0.2, -0.15) is 0 Å². The van der Waals surface area contributed by atoms with Crippen molar-refractivity contribution in [3.63, 3.8) is 0 Å². The van der Waals surface area contributed by atoms with Crippen LogP contribution >= 0.6 is 0 Å². The molecular formula is C11H17N3O3. The Morgan fingerprint density at radius 2 is 2.41 bits per heavy atom. The molecule has 1 saturated heterocycles. The van der Waals surface area contributed by atoms with Gasteiger partial charge >= 0.3 is 5.69 Å². The van der Waals surface area contributed by atoms with Crippen molar-refractivity contribution in [1.29, 1.82) is 0 Å². The Labute approximate surface area is 98.7 Å². The standard InChI is InChI=1S/C11H17N3O3/c15-5-3-8-2-1-4-14(7-8)10(16)9-6-12-11(17)13-9/h6,8,15H,1-5,7H2,(H2,12,13,17). The van der Waals surface area contributed by atoms with E-state index in [0.717, 1.165) is 19.3 Å². The first-order chi connectivity index (χ1) is 8.20. The lowest BCUT2D eigenvalue weighted by Crippen LogP contribution is -2.40. The van der Waals surface area contributed by atoms with Crippen LogP contribution in [0.3, 0.4) is 0 Å². The summed E-state index contributed by atoms with van der Waals surface area (Å²) >= 11 is 0. The molecular weight excluding hydrogens is 222 g/mol. The summed E-state index contributed by atoms with van der Waals surface area (Å²) in [6, 6.07) is 0. The highest BCUT2D eigenvalue weighted by Gasteiger charge is 2.24. The molecule has 1 aromatic rings. The number of H-pyrrole nitrogens is 2. The van der Waals surface area contributed by atoms with E-state index < -0.39 is 0 Å². The first kappa shape index (κ1) is 11.9. The minimum absolute atomic E-state index is 0.147. The lowest BCUT2D eigenvalue weighted by atomic mass is 9.95. The van der Waals surface area contributed by atoms with Gasteiger partial charge in [0, 0.05) is 25.9 Å². The summed E-state index contributed by atoms with van der Waals surface area (Å²) in [5.41, 5.74) is -0.0584. The zero-order valence-electron chi connectivity index (χ0n) is 9.61. The largest absolute Gasteiger partial charge is 0.396 e. The van der Waals surface area contributed by atoms with E-state index in [1.807, 2.05) is 0 Å². The van der Waals surface area contributed by atoms with E-state index in [0.29, 0.717) is 24.7 Å². The SMILES string of the molecule is O=C(c1c[nH]c(=O)[nH]1)N1CCCC(CCO)C1. The van der Waals surface area contributed by atoms with Crippen molar-refractivity contribution in [2.24, 2.45) is 5.92 Å². The second-order valence-electron chi connectivity index (χ2n) is 4.43. The number of hydrogen-bond donors (Lipinski definition) is 3. The highest BCUT2D eigenvalue weighted by molar-refractivity contribution is 5.92. The molecule has 1 unspecified atom stereocenters. The number of aromatic nitrogens is 2. The van der Waals surface area contributed by atoms with Crippen molar-refractivity contribution in [3.8, 4) is 0 Å². The molecule has 1 aliphatic heterocycles. The molecule has 1 fully saturated rings. The second-order valence-corrected chi connectivity index (χ2v) is 4.43. The van der Waals surface area contributed by atoms with Crippen LogP contribution in [0.4, 0.5) is 0 Å². The second kappa shape index (κ2) is 5.18. The maximum atomic E-state index is 12.0. The van der Waals surface area contributed by atoms with Gasteiger partial charge in [0.05, 0.1) is 0 Å². The molecule has 0 aromatic carbocycles. The Morgan fingerprint density at radius 1 is 1.59 bits per heavy atom. The topological polar surface area (TPSA) is 89.2 Å². The highest BCUT2D eigenvalue weighted by atomic mass is 16.3. The van der Waals surface area contributed by atoms with Crippen LogP contribution in [0.25, 0.3) is 0 Å². The Hall–Kier alpha value is -1.56. The van der Waals surface area contributed by atoms with E-state index in [9.17, 15) is 9.59 Å². The molecule has 6 nitrogen and oxygen atoms in total. The fourth-order valence-electron chi connectivity index (χ4n) is 2.29. The van der Waals surface area contributed by atoms with E-state index in [4.69, 9.17) is 5.11 Å². The minimum atomic E-state index is -0.364. The number of hydrogen-bond acceptors (Lipinski definition) is 3. The Bertz CT molecular complexity index is 435. The maximum Gasteiger partial charge on any atom is 0.323 e. The molecule has 0 bridgehead atoms. The third kappa shape index (κ3) is 2.76. The number of imidazole rings is 1. The molecule has 3 N–H and O–H groups in total. The van der Waals surface area contributed by atoms with Gasteiger partial charge < -0.3 is 20.0 Å². The van der Waals surface area contributed by atoms with Gasteiger partial charge in [0.25, 0.3) is 5.91 Å². The quantitative estimate of drug-likeness (QED) is 0.690. The molecule has 0 aliphatic carbocycles. The summed E-state index contributed by atoms with van der Waals surface area (Å²) in [6.45, 7) is 1.54. The summed E-state index contributed by atoms with van der Waals surface area (Å²) in [6.07, 6.45) is 4.13. The van der Waals surface area contributed by atoms with Crippen LogP contribution in [0.1, 0.15) is 29.8 Å². The molecule has 1 aliphatic rings. The van der Waals surface area contributed by atoms with Gasteiger partial charge in [-0.05, 0) is 25.2 Å². The molecule has 2 heterocycles. The maximum absolute atomic E-state index is 12.0. The number of aromatic amines is 2. The summed E-state index contributed by atoms with van der Waals surface area (Å²) in [5, 5.41) is 8.91. The average molecular weight is 239 g/mol. The Morgan fingerprint density at radius 3 is 3.06 bits per heavy atom. The number of amides is 1. The molecule has 1 atom stereocenters. The lowest BCUT2D eigenvalue weighted by molar-refractivity contribution is 0.0648. The molecule has 94 valence electrons. The van der Waals surface area contributed by atoms with Crippen LogP contribution in [0.15, 0.2) is 11.0 Å². The summed E-state index contributed by atoms with van der Waals surface area (Å²) in [4.78, 5) is 29.6. The van der Waals surface area contributed by atoms with Crippen LogP contribution in [0, 0.1) is 5.92 Å². The smallest absolute Gasteiger partial charge is 0.323 e. The fraction of sp³-hybridized carbons (Fsp3) is 0.636. The van der Waals surface area contributed by atoms with E-state index in [1.54, 1.807) is 4.90 Å². The Balaban J connectivity index is 2.02. The van der Waals surface area contributed by atoms with Crippen LogP contribution < -0.4 is 5.69 Å². The molecule has 0 saturated carbocycles. The monoisotopic (exact) mass is 239 g/mol. The first-order valence-corrected chi connectivity index (χ1v) is 5.88. The lowest BCUT2D eigenvalue weighted by Gasteiger charge is -2.32. The van der Waals surface area contributed by atoms with Crippen molar-refractivity contribution in [2.45, 2.75) is 19.3 Å². The third-order valence-corrected chi connectivity index (χ3v) is 3.17. The predicted octanol–water partition coefficient (Wildman–Crippen LogP) is -0.0624. The molecule has 1 amide bonds. The van der Waals surface area contributed by atoms with Crippen LogP contribution in [0.5, 0.6) is 0 Å². The van der Waals surface area contributed by atoms with Crippen LogP contribution in [-0.4, -0.2) is 45.6 Å². The van der Waals surface area contributed by atoms with Crippen LogP contribution in [0.2, 0.25) is 0 Å². The van der Waals surface area contributed by atoms with Gasteiger partial charge in [0.15, 0.2) is 0 Å². The van der Waals surface area contributed by atoms with Gasteiger partial charge in [0.2, 0.25) is 0 Å². The normalized spacial score (nSPS) is 20.5. The number of carbonyl (C=O) groups excluding carboxylic acids is 1. The van der Waals surface area contributed by atoms with Crippen molar-refractivity contribution in [2.75, 3.05) is 19.7 Å². The van der Waals surface area contributed by atoms with Gasteiger partial charge in [-0.3, -0.25) is 4.79 Å². The van der Waals surface area contributed by atoms with Gasteiger partial charge in [-0.1, -0.05) is 0 Å². The minimum Gasteiger partial charge on any atom is -0.396 e. The van der Waals surface area contributed by atoms with E-state index in [-0.39, 0.29) is 18.2 Å². The van der Waals surface area contributed by atoms with Crippen LogP contribution in [-0.2, 0) is 0 Å². The highest BCUT2D eigenvalue weighted by Crippen LogP contribution is 2.20. The summed E-state index contributed by atoms with van der Waals surface area (Å²) in [5.74, 6) is 0.217. The number of aliphatic hydroxyl groups excluding tert-OH is 1. The number of likely N-dealkylation sites (tertiary alicyclic amines) is 1. The molecule has 0 radical (unpaired) electrons. The summed E-state index contributed by atoms with van der Waals surface area (Å²) in [7, 11) is 0. The number of rotatable bonds is 3. The van der Waals surface area contributed by atoms with Gasteiger partial charge in [0.1, 0.15) is 5.69 Å². The van der Waals surface area contributed by atoms with Crippen molar-refractivity contribution >= 4 is 5.91 Å². The number of nitrogens with zero attached hydrogens (tertiary/aromatic N) is 1. The molecule has 1 aromatic heterocycles. The number of aliphatic hydroxyl groups is 1. The molecule has 0 spiro atoms. The number of carbonyl (C=O) groups is 1. The number of piperidine rings is 1. The van der Waals surface area contributed by atoms with E-state index >= 15 is 0 Å². The van der Waals surface area contributed by atoms with Crippen molar-refractivity contribution in [3.05, 3.63) is 22.4 Å². The molecule has 17 heavy (non-hydrogen) atoms. The third-order valence-electron chi connectivity index (χ3n) is 3.17. The predicted molar refractivity (Wildman–Crippen MR) is 61.7 cm³/mol. The molecule has 6 heteroatoms.